The van der Waals surface area contributed by atoms with Crippen LogP contribution in [0.4, 0.5) is 20.2 Å². The second-order valence-electron chi connectivity index (χ2n) is 8.13. The molecule has 2 saturated heterocycles. The van der Waals surface area contributed by atoms with Gasteiger partial charge >= 0.3 is 0 Å². The summed E-state index contributed by atoms with van der Waals surface area (Å²) in [5, 5.41) is 3.08. The van der Waals surface area contributed by atoms with E-state index in [1.165, 1.54) is 17.8 Å². The second-order valence-corrected chi connectivity index (χ2v) is 8.13. The van der Waals surface area contributed by atoms with Crippen LogP contribution in [0.2, 0.25) is 0 Å². The van der Waals surface area contributed by atoms with Gasteiger partial charge in [-0.15, -0.1) is 0 Å². The van der Waals surface area contributed by atoms with Crippen molar-refractivity contribution in [3.8, 4) is 0 Å². The molecule has 1 unspecified atom stereocenters. The maximum atomic E-state index is 13.4. The van der Waals surface area contributed by atoms with Crippen molar-refractivity contribution in [2.45, 2.75) is 6.42 Å². The zero-order chi connectivity index (χ0) is 20.9. The molecule has 1 N–H and O–H groups in total. The molecule has 2 aromatic carbocycles. The zero-order valence-corrected chi connectivity index (χ0v) is 17.1. The van der Waals surface area contributed by atoms with Gasteiger partial charge in [0, 0.05) is 63.3 Å². The molecule has 2 heterocycles. The molecule has 0 saturated carbocycles. The van der Waals surface area contributed by atoms with Crippen LogP contribution in [0.1, 0.15) is 6.42 Å². The number of anilines is 2. The Bertz CT molecular complexity index is 835. The molecule has 5 nitrogen and oxygen atoms in total. The maximum Gasteiger partial charge on any atom is 0.234 e. The Balaban J connectivity index is 1.18. The first kappa shape index (κ1) is 20.6. The Kier molecular flexibility index (Phi) is 6.47. The number of rotatable bonds is 6. The molecule has 4 rings (SSSR count). The third-order valence-corrected chi connectivity index (χ3v) is 5.95. The van der Waals surface area contributed by atoms with Crippen LogP contribution in [0.5, 0.6) is 0 Å². The third-order valence-electron chi connectivity index (χ3n) is 5.95. The van der Waals surface area contributed by atoms with Gasteiger partial charge in [0.2, 0.25) is 5.91 Å². The van der Waals surface area contributed by atoms with Gasteiger partial charge in [0.25, 0.3) is 0 Å². The molecule has 1 amide bonds. The average Bonchev–Trinajstić information content (AvgIpc) is 3.22. The van der Waals surface area contributed by atoms with Crippen LogP contribution in [-0.2, 0) is 4.79 Å². The summed E-state index contributed by atoms with van der Waals surface area (Å²) in [6.07, 6.45) is 1.08. The van der Waals surface area contributed by atoms with E-state index >= 15 is 0 Å². The molecule has 30 heavy (non-hydrogen) atoms. The summed E-state index contributed by atoms with van der Waals surface area (Å²) in [6, 6.07) is 14.0. The molecule has 2 aromatic rings. The van der Waals surface area contributed by atoms with E-state index in [1.807, 2.05) is 11.0 Å². The maximum absolute atomic E-state index is 13.4. The minimum absolute atomic E-state index is 0.0402. The van der Waals surface area contributed by atoms with E-state index in [1.54, 1.807) is 0 Å². The van der Waals surface area contributed by atoms with Crippen molar-refractivity contribution < 1.29 is 13.6 Å². The fourth-order valence-electron chi connectivity index (χ4n) is 4.28. The molecule has 0 bridgehead atoms. The molecular weight excluding hydrogens is 386 g/mol. The Labute approximate surface area is 176 Å². The molecule has 0 aromatic heterocycles. The molecule has 7 heteroatoms. The fraction of sp³-hybridized carbons (Fsp3) is 0.435. The number of piperazine rings is 1. The first-order valence-corrected chi connectivity index (χ1v) is 10.6. The molecule has 0 spiro atoms. The number of carbonyl (C=O) groups is 1. The standard InChI is InChI=1S/C23H28F2N4O/c24-19-12-20(25)14-22(13-19)28-10-8-27(9-11-28)17-23(30)26-15-18-6-7-29(16-18)21-4-2-1-3-5-21/h1-5,12-14,18H,6-11,15-17H2,(H,26,30). The number of hydrogen-bond acceptors (Lipinski definition) is 4. The van der Waals surface area contributed by atoms with Gasteiger partial charge in [-0.2, -0.15) is 0 Å². The zero-order valence-electron chi connectivity index (χ0n) is 17.1. The van der Waals surface area contributed by atoms with Crippen molar-refractivity contribution in [3.05, 3.63) is 60.2 Å². The Morgan fingerprint density at radius 2 is 1.60 bits per heavy atom. The summed E-state index contributed by atoms with van der Waals surface area (Å²) >= 11 is 0. The Morgan fingerprint density at radius 3 is 2.30 bits per heavy atom. The smallest absolute Gasteiger partial charge is 0.234 e. The fourth-order valence-corrected chi connectivity index (χ4v) is 4.28. The predicted molar refractivity (Wildman–Crippen MR) is 115 cm³/mol. The normalized spacial score (nSPS) is 19.9. The van der Waals surface area contributed by atoms with Crippen LogP contribution < -0.4 is 15.1 Å². The average molecular weight is 415 g/mol. The van der Waals surface area contributed by atoms with Crippen LogP contribution in [0.3, 0.4) is 0 Å². The van der Waals surface area contributed by atoms with E-state index in [2.05, 4.69) is 39.4 Å². The summed E-state index contributed by atoms with van der Waals surface area (Å²) in [6.45, 7) is 5.72. The molecule has 2 aliphatic rings. The molecule has 2 aliphatic heterocycles. The van der Waals surface area contributed by atoms with Crippen molar-refractivity contribution in [1.29, 1.82) is 0 Å². The molecule has 0 aliphatic carbocycles. The number of nitrogens with one attached hydrogen (secondary N) is 1. The van der Waals surface area contributed by atoms with Gasteiger partial charge in [0.15, 0.2) is 0 Å². The first-order chi connectivity index (χ1) is 14.6. The number of benzene rings is 2. The van der Waals surface area contributed by atoms with Crippen LogP contribution in [0.15, 0.2) is 48.5 Å². The highest BCUT2D eigenvalue weighted by molar-refractivity contribution is 5.78. The molecule has 2 fully saturated rings. The Hall–Kier alpha value is -2.67. The summed E-state index contributed by atoms with van der Waals surface area (Å²) < 4.78 is 26.9. The third kappa shape index (κ3) is 5.27. The lowest BCUT2D eigenvalue weighted by molar-refractivity contribution is -0.122. The summed E-state index contributed by atoms with van der Waals surface area (Å²) in [4.78, 5) is 18.8. The number of halogens is 2. The predicted octanol–water partition coefficient (Wildman–Crippen LogP) is 2.73. The summed E-state index contributed by atoms with van der Waals surface area (Å²) in [7, 11) is 0. The highest BCUT2D eigenvalue weighted by Gasteiger charge is 2.24. The van der Waals surface area contributed by atoms with Gasteiger partial charge in [-0.25, -0.2) is 8.78 Å². The molecule has 1 atom stereocenters. The minimum atomic E-state index is -0.565. The van der Waals surface area contributed by atoms with Gasteiger partial charge in [0.05, 0.1) is 6.54 Å². The van der Waals surface area contributed by atoms with Crippen LogP contribution in [0, 0.1) is 17.6 Å². The second kappa shape index (κ2) is 9.43. The number of nitrogens with zero attached hydrogens (tertiary/aromatic N) is 3. The lowest BCUT2D eigenvalue weighted by Gasteiger charge is -2.35. The van der Waals surface area contributed by atoms with E-state index in [4.69, 9.17) is 0 Å². The molecule has 160 valence electrons. The quantitative estimate of drug-likeness (QED) is 0.789. The number of amides is 1. The molecular formula is C23H28F2N4O. The van der Waals surface area contributed by atoms with Gasteiger partial charge in [-0.3, -0.25) is 9.69 Å². The van der Waals surface area contributed by atoms with Crippen molar-refractivity contribution in [2.75, 3.05) is 62.2 Å². The van der Waals surface area contributed by atoms with E-state index < -0.39 is 11.6 Å². The highest BCUT2D eigenvalue weighted by Crippen LogP contribution is 2.23. The lowest BCUT2D eigenvalue weighted by atomic mass is 10.1. The molecule has 0 radical (unpaired) electrons. The lowest BCUT2D eigenvalue weighted by Crippen LogP contribution is -2.50. The summed E-state index contributed by atoms with van der Waals surface area (Å²) in [5.74, 6) is -0.624. The largest absolute Gasteiger partial charge is 0.371 e. The van der Waals surface area contributed by atoms with Crippen LogP contribution in [0.25, 0.3) is 0 Å². The Morgan fingerprint density at radius 1 is 0.900 bits per heavy atom. The van der Waals surface area contributed by atoms with Crippen molar-refractivity contribution in [2.24, 2.45) is 5.92 Å². The van der Waals surface area contributed by atoms with Gasteiger partial charge in [-0.05, 0) is 36.6 Å². The monoisotopic (exact) mass is 414 g/mol. The van der Waals surface area contributed by atoms with Gasteiger partial charge < -0.3 is 15.1 Å². The topological polar surface area (TPSA) is 38.8 Å². The van der Waals surface area contributed by atoms with Crippen molar-refractivity contribution >= 4 is 17.3 Å². The van der Waals surface area contributed by atoms with Crippen LogP contribution in [-0.4, -0.2) is 63.2 Å². The highest BCUT2D eigenvalue weighted by atomic mass is 19.1. The summed E-state index contributed by atoms with van der Waals surface area (Å²) in [5.41, 5.74) is 1.79. The number of carbonyl (C=O) groups excluding carboxylic acids is 1. The van der Waals surface area contributed by atoms with E-state index in [0.717, 1.165) is 25.6 Å². The van der Waals surface area contributed by atoms with Gasteiger partial charge in [-0.1, -0.05) is 18.2 Å². The van der Waals surface area contributed by atoms with E-state index in [9.17, 15) is 13.6 Å². The van der Waals surface area contributed by atoms with Crippen molar-refractivity contribution in [1.82, 2.24) is 10.2 Å². The SMILES string of the molecule is O=C(CN1CCN(c2cc(F)cc(F)c2)CC1)NCC1CCN(c2ccccc2)C1. The number of hydrogen-bond donors (Lipinski definition) is 1. The van der Waals surface area contributed by atoms with Crippen LogP contribution >= 0.6 is 0 Å². The minimum Gasteiger partial charge on any atom is -0.371 e. The number of para-hydroxylation sites is 1. The van der Waals surface area contributed by atoms with E-state index in [-0.39, 0.29) is 5.91 Å². The van der Waals surface area contributed by atoms with Crippen molar-refractivity contribution in [3.63, 3.8) is 0 Å². The van der Waals surface area contributed by atoms with E-state index in [0.29, 0.717) is 50.9 Å². The first-order valence-electron chi connectivity index (χ1n) is 10.6. The van der Waals surface area contributed by atoms with Gasteiger partial charge in [0.1, 0.15) is 11.6 Å².